The van der Waals surface area contributed by atoms with Crippen LogP contribution < -0.4 is 8.92 Å². The van der Waals surface area contributed by atoms with Crippen molar-refractivity contribution in [1.29, 1.82) is 0 Å². The number of nitrogens with zero attached hydrogens (tertiary/aromatic N) is 1. The standard InChI is InChI=1S/C22H21NO7S3/c1-2-29-17-11-6-8-15(20(17)30-33(27,28)16-9-4-3-5-10-16)14-18-21(26)23(22(31)32-18)13-7-12-19(24)25/h3-6,8-11,14H,2,7,12-13H2,1H3,(H,24,25)/b18-14-. The molecule has 33 heavy (non-hydrogen) atoms. The van der Waals surface area contributed by atoms with E-state index in [2.05, 4.69) is 0 Å². The van der Waals surface area contributed by atoms with Crippen LogP contribution in [0.2, 0.25) is 0 Å². The number of carboxylic acid groups (broad SMARTS) is 1. The first-order chi connectivity index (χ1) is 15.7. The Kier molecular flexibility index (Phi) is 8.11. The van der Waals surface area contributed by atoms with E-state index in [-0.39, 0.29) is 53.2 Å². The van der Waals surface area contributed by atoms with E-state index < -0.39 is 16.1 Å². The van der Waals surface area contributed by atoms with Gasteiger partial charge in [0, 0.05) is 18.5 Å². The van der Waals surface area contributed by atoms with E-state index in [1.165, 1.54) is 23.1 Å². The van der Waals surface area contributed by atoms with Crippen molar-refractivity contribution in [3.63, 3.8) is 0 Å². The van der Waals surface area contributed by atoms with Crippen LogP contribution in [0.5, 0.6) is 11.5 Å². The number of carbonyl (C=O) groups excluding carboxylic acids is 1. The topological polar surface area (TPSA) is 110 Å². The van der Waals surface area contributed by atoms with Crippen molar-refractivity contribution in [3.05, 3.63) is 59.0 Å². The first kappa shape index (κ1) is 24.7. The molecule has 11 heteroatoms. The summed E-state index contributed by atoms with van der Waals surface area (Å²) in [7, 11) is -4.16. The van der Waals surface area contributed by atoms with E-state index in [0.717, 1.165) is 11.8 Å². The lowest BCUT2D eigenvalue weighted by molar-refractivity contribution is -0.137. The van der Waals surface area contributed by atoms with Crippen LogP contribution in [0, 0.1) is 0 Å². The predicted molar refractivity (Wildman–Crippen MR) is 129 cm³/mol. The molecule has 0 atom stereocenters. The summed E-state index contributed by atoms with van der Waals surface area (Å²) in [6, 6.07) is 12.5. The third kappa shape index (κ3) is 6.12. The lowest BCUT2D eigenvalue weighted by atomic mass is 10.1. The summed E-state index contributed by atoms with van der Waals surface area (Å²) in [6.45, 7) is 2.21. The molecule has 0 unspecified atom stereocenters. The number of amides is 1. The zero-order valence-corrected chi connectivity index (χ0v) is 20.0. The number of thioether (sulfide) groups is 1. The highest BCUT2D eigenvalue weighted by Gasteiger charge is 2.32. The second-order valence-electron chi connectivity index (χ2n) is 6.79. The van der Waals surface area contributed by atoms with E-state index in [4.69, 9.17) is 26.2 Å². The number of para-hydroxylation sites is 1. The minimum Gasteiger partial charge on any atom is -0.490 e. The molecule has 0 bridgehead atoms. The number of carboxylic acids is 1. The molecule has 8 nitrogen and oxygen atoms in total. The van der Waals surface area contributed by atoms with Gasteiger partial charge < -0.3 is 14.0 Å². The van der Waals surface area contributed by atoms with Crippen LogP contribution in [0.3, 0.4) is 0 Å². The number of hydrogen-bond acceptors (Lipinski definition) is 8. The second-order valence-corrected chi connectivity index (χ2v) is 10.0. The third-order valence-corrected chi connectivity index (χ3v) is 7.08. The monoisotopic (exact) mass is 507 g/mol. The first-order valence-electron chi connectivity index (χ1n) is 9.95. The molecule has 0 aromatic heterocycles. The molecule has 1 heterocycles. The fourth-order valence-electron chi connectivity index (χ4n) is 2.97. The van der Waals surface area contributed by atoms with E-state index >= 15 is 0 Å². The summed E-state index contributed by atoms with van der Waals surface area (Å²) >= 11 is 6.32. The van der Waals surface area contributed by atoms with Crippen molar-refractivity contribution in [2.75, 3.05) is 13.2 Å². The van der Waals surface area contributed by atoms with E-state index in [0.29, 0.717) is 9.88 Å². The van der Waals surface area contributed by atoms with Gasteiger partial charge in [-0.25, -0.2) is 0 Å². The fraction of sp³-hybridized carbons (Fsp3) is 0.227. The normalized spacial score (nSPS) is 15.2. The second kappa shape index (κ2) is 10.8. The van der Waals surface area contributed by atoms with Crippen molar-refractivity contribution in [2.24, 2.45) is 0 Å². The van der Waals surface area contributed by atoms with Gasteiger partial charge in [-0.15, -0.1) is 0 Å². The Hall–Kier alpha value is -2.89. The molecule has 1 saturated heterocycles. The summed E-state index contributed by atoms with van der Waals surface area (Å²) in [4.78, 5) is 25.2. The molecule has 1 aliphatic heterocycles. The molecule has 0 saturated carbocycles. The van der Waals surface area contributed by atoms with Gasteiger partial charge in [0.25, 0.3) is 5.91 Å². The van der Waals surface area contributed by atoms with Gasteiger partial charge in [0.1, 0.15) is 9.22 Å². The summed E-state index contributed by atoms with van der Waals surface area (Å²) < 4.78 is 37.0. The zero-order chi connectivity index (χ0) is 24.0. The number of benzene rings is 2. The largest absolute Gasteiger partial charge is 0.490 e. The lowest BCUT2D eigenvalue weighted by Crippen LogP contribution is -2.29. The van der Waals surface area contributed by atoms with E-state index in [9.17, 15) is 18.0 Å². The maximum atomic E-state index is 12.8. The number of rotatable bonds is 10. The minimum absolute atomic E-state index is 0.0213. The highest BCUT2D eigenvalue weighted by atomic mass is 32.2. The van der Waals surface area contributed by atoms with Crippen LogP contribution in [0.25, 0.3) is 6.08 Å². The average molecular weight is 508 g/mol. The molecule has 2 aromatic rings. The maximum absolute atomic E-state index is 12.8. The molecule has 2 aromatic carbocycles. The summed E-state index contributed by atoms with van der Waals surface area (Å²) in [5, 5.41) is 8.81. The molecular formula is C22H21NO7S3. The van der Waals surface area contributed by atoms with Gasteiger partial charge in [-0.05, 0) is 37.6 Å². The maximum Gasteiger partial charge on any atom is 0.339 e. The van der Waals surface area contributed by atoms with Crippen LogP contribution in [-0.4, -0.2) is 47.8 Å². The molecule has 0 spiro atoms. The number of hydrogen-bond donors (Lipinski definition) is 1. The predicted octanol–water partition coefficient (Wildman–Crippen LogP) is 3.92. The van der Waals surface area contributed by atoms with Crippen LogP contribution >= 0.6 is 24.0 Å². The summed E-state index contributed by atoms with van der Waals surface area (Å²) in [5.41, 5.74) is 0.325. The summed E-state index contributed by atoms with van der Waals surface area (Å²) in [5.74, 6) is -1.17. The summed E-state index contributed by atoms with van der Waals surface area (Å²) in [6.07, 6.45) is 1.68. The molecule has 1 aliphatic rings. The van der Waals surface area contributed by atoms with Crippen molar-refractivity contribution in [1.82, 2.24) is 4.90 Å². The molecule has 0 aliphatic carbocycles. The Morgan fingerprint density at radius 2 is 1.91 bits per heavy atom. The molecule has 1 N–H and O–H groups in total. The SMILES string of the molecule is CCOc1cccc(/C=C2\SC(=S)N(CCCC(=O)O)C2=O)c1OS(=O)(=O)c1ccccc1. The van der Waals surface area contributed by atoms with Gasteiger partial charge in [0.15, 0.2) is 11.5 Å². The van der Waals surface area contributed by atoms with Gasteiger partial charge in [-0.3, -0.25) is 14.5 Å². The number of thiocarbonyl (C=S) groups is 1. The fourth-order valence-corrected chi connectivity index (χ4v) is 5.26. The number of aliphatic carboxylic acids is 1. The number of ether oxygens (including phenoxy) is 1. The Labute approximate surface area is 201 Å². The molecule has 3 rings (SSSR count). The molecule has 1 amide bonds. The van der Waals surface area contributed by atoms with Gasteiger partial charge >= 0.3 is 16.1 Å². The van der Waals surface area contributed by atoms with Gasteiger partial charge in [-0.2, -0.15) is 8.42 Å². The number of carbonyl (C=O) groups is 2. The Balaban J connectivity index is 1.94. The Morgan fingerprint density at radius 1 is 1.18 bits per heavy atom. The van der Waals surface area contributed by atoms with Gasteiger partial charge in [-0.1, -0.05) is 54.3 Å². The highest BCUT2D eigenvalue weighted by Crippen LogP contribution is 2.39. The Morgan fingerprint density at radius 3 is 2.58 bits per heavy atom. The Bertz CT molecular complexity index is 1190. The molecule has 174 valence electrons. The van der Waals surface area contributed by atoms with Crippen LogP contribution in [-0.2, 0) is 19.7 Å². The molecular weight excluding hydrogens is 486 g/mol. The highest BCUT2D eigenvalue weighted by molar-refractivity contribution is 8.26. The van der Waals surface area contributed by atoms with Crippen LogP contribution in [0.15, 0.2) is 58.3 Å². The first-order valence-corrected chi connectivity index (χ1v) is 12.6. The van der Waals surface area contributed by atoms with Crippen molar-refractivity contribution in [2.45, 2.75) is 24.7 Å². The molecule has 0 radical (unpaired) electrons. The lowest BCUT2D eigenvalue weighted by Gasteiger charge is -2.15. The van der Waals surface area contributed by atoms with Crippen molar-refractivity contribution < 1.29 is 32.0 Å². The van der Waals surface area contributed by atoms with Gasteiger partial charge in [0.05, 0.1) is 11.5 Å². The van der Waals surface area contributed by atoms with E-state index in [1.807, 2.05) is 0 Å². The molecule has 1 fully saturated rings. The third-order valence-electron chi connectivity index (χ3n) is 4.47. The zero-order valence-electron chi connectivity index (χ0n) is 17.6. The van der Waals surface area contributed by atoms with Crippen LogP contribution in [0.1, 0.15) is 25.3 Å². The van der Waals surface area contributed by atoms with Gasteiger partial charge in [0.2, 0.25) is 0 Å². The smallest absolute Gasteiger partial charge is 0.339 e. The van der Waals surface area contributed by atoms with Crippen molar-refractivity contribution >= 4 is 56.4 Å². The average Bonchev–Trinajstić information content (AvgIpc) is 3.04. The van der Waals surface area contributed by atoms with Crippen LogP contribution in [0.4, 0.5) is 0 Å². The quantitative estimate of drug-likeness (QED) is 0.291. The van der Waals surface area contributed by atoms with E-state index in [1.54, 1.807) is 43.3 Å². The minimum atomic E-state index is -4.16. The van der Waals surface area contributed by atoms with Crippen molar-refractivity contribution in [3.8, 4) is 11.5 Å².